The van der Waals surface area contributed by atoms with Gasteiger partial charge in [-0.2, -0.15) is 0 Å². The average molecular weight is 380 g/mol. The van der Waals surface area contributed by atoms with Gasteiger partial charge in [-0.25, -0.2) is 9.18 Å². The molecule has 1 amide bonds. The Morgan fingerprint density at radius 2 is 1.71 bits per heavy atom. The molecule has 1 atom stereocenters. The van der Waals surface area contributed by atoms with E-state index in [2.05, 4.69) is 10.3 Å². The number of nitrogens with one attached hydrogen (secondary N) is 2. The molecule has 0 unspecified atom stereocenters. The van der Waals surface area contributed by atoms with Crippen molar-refractivity contribution in [1.29, 1.82) is 0 Å². The number of halogens is 1. The molecule has 0 aliphatic heterocycles. The predicted octanol–water partition coefficient (Wildman–Crippen LogP) is 3.89. The summed E-state index contributed by atoms with van der Waals surface area (Å²) in [5.41, 5.74) is 1.22. The van der Waals surface area contributed by atoms with Crippen LogP contribution in [0.2, 0.25) is 0 Å². The molecule has 0 bridgehead atoms. The molecule has 2 aromatic carbocycles. The highest BCUT2D eigenvalue weighted by molar-refractivity contribution is 5.99. The lowest BCUT2D eigenvalue weighted by Crippen LogP contribution is -2.26. The summed E-state index contributed by atoms with van der Waals surface area (Å²) in [7, 11) is 0. The maximum atomic E-state index is 13.1. The van der Waals surface area contributed by atoms with Crippen LogP contribution in [0.1, 0.15) is 39.4 Å². The van der Waals surface area contributed by atoms with E-state index in [0.29, 0.717) is 16.8 Å². The van der Waals surface area contributed by atoms with E-state index in [1.165, 1.54) is 43.5 Å². The van der Waals surface area contributed by atoms with Crippen molar-refractivity contribution in [1.82, 2.24) is 4.98 Å². The van der Waals surface area contributed by atoms with E-state index in [-0.39, 0.29) is 11.5 Å². The highest BCUT2D eigenvalue weighted by Crippen LogP contribution is 2.22. The number of rotatable bonds is 6. The van der Waals surface area contributed by atoms with Crippen molar-refractivity contribution in [3.8, 4) is 0 Å². The summed E-state index contributed by atoms with van der Waals surface area (Å²) in [4.78, 5) is 39.3. The number of amides is 1. The van der Waals surface area contributed by atoms with Gasteiger partial charge in [0.25, 0.3) is 5.91 Å². The first kappa shape index (κ1) is 19.0. The molecule has 3 aromatic rings. The standard InChI is InChI=1S/C21H17FN2O4/c1-13(25)15-11-18(23-12-15)21(27)28-19(14-5-3-2-4-6-14)20(26)24-17-9-7-16(22)8-10-17/h2-12,19,23H,1H3,(H,24,26)/t19-/m0/s1. The van der Waals surface area contributed by atoms with Gasteiger partial charge in [-0.3, -0.25) is 9.59 Å². The fraction of sp³-hybridized carbons (Fsp3) is 0.0952. The molecule has 0 aliphatic carbocycles. The zero-order valence-corrected chi connectivity index (χ0v) is 14.9. The quantitative estimate of drug-likeness (QED) is 0.502. The van der Waals surface area contributed by atoms with Crippen LogP contribution in [0.3, 0.4) is 0 Å². The topological polar surface area (TPSA) is 88.3 Å². The molecule has 7 heteroatoms. The number of aromatic amines is 1. The van der Waals surface area contributed by atoms with Crippen LogP contribution >= 0.6 is 0 Å². The van der Waals surface area contributed by atoms with Crippen molar-refractivity contribution >= 4 is 23.3 Å². The van der Waals surface area contributed by atoms with Crippen molar-refractivity contribution in [2.24, 2.45) is 0 Å². The number of Topliss-reactive ketones (excluding diaryl/α,β-unsaturated/α-hetero) is 1. The van der Waals surface area contributed by atoms with Crippen molar-refractivity contribution in [2.75, 3.05) is 5.32 Å². The number of anilines is 1. The van der Waals surface area contributed by atoms with Crippen molar-refractivity contribution in [2.45, 2.75) is 13.0 Å². The van der Waals surface area contributed by atoms with Gasteiger partial charge >= 0.3 is 5.97 Å². The molecule has 0 aliphatic rings. The van der Waals surface area contributed by atoms with Crippen LogP contribution in [-0.2, 0) is 9.53 Å². The largest absolute Gasteiger partial charge is 0.443 e. The number of aromatic nitrogens is 1. The lowest BCUT2D eigenvalue weighted by molar-refractivity contribution is -0.125. The number of hydrogen-bond donors (Lipinski definition) is 2. The third-order valence-electron chi connectivity index (χ3n) is 3.99. The third-order valence-corrected chi connectivity index (χ3v) is 3.99. The lowest BCUT2D eigenvalue weighted by atomic mass is 10.1. The number of ketones is 1. The van der Waals surface area contributed by atoms with Crippen LogP contribution in [0, 0.1) is 5.82 Å². The zero-order chi connectivity index (χ0) is 20.1. The summed E-state index contributed by atoms with van der Waals surface area (Å²) >= 11 is 0. The highest BCUT2D eigenvalue weighted by atomic mass is 19.1. The SMILES string of the molecule is CC(=O)c1c[nH]c(C(=O)O[C@H](C(=O)Nc2ccc(F)cc2)c2ccccc2)c1. The van der Waals surface area contributed by atoms with Gasteiger partial charge < -0.3 is 15.0 Å². The summed E-state index contributed by atoms with van der Waals surface area (Å²) in [6.45, 7) is 1.38. The average Bonchev–Trinajstić information content (AvgIpc) is 3.19. The number of esters is 1. The van der Waals surface area contributed by atoms with Crippen LogP contribution in [0.25, 0.3) is 0 Å². The van der Waals surface area contributed by atoms with Gasteiger partial charge in [-0.05, 0) is 37.3 Å². The molecular formula is C21H17FN2O4. The van der Waals surface area contributed by atoms with Crippen LogP contribution in [-0.4, -0.2) is 22.6 Å². The number of benzene rings is 2. The summed E-state index contributed by atoms with van der Waals surface area (Å²) in [6, 6.07) is 15.1. The van der Waals surface area contributed by atoms with Crippen molar-refractivity contribution in [3.63, 3.8) is 0 Å². The van der Waals surface area contributed by atoms with Gasteiger partial charge in [0.1, 0.15) is 11.5 Å². The van der Waals surface area contributed by atoms with Crippen LogP contribution in [0.5, 0.6) is 0 Å². The van der Waals surface area contributed by atoms with E-state index in [9.17, 15) is 18.8 Å². The Balaban J connectivity index is 1.82. The normalized spacial score (nSPS) is 11.5. The Morgan fingerprint density at radius 3 is 2.32 bits per heavy atom. The second-order valence-electron chi connectivity index (χ2n) is 6.05. The smallest absolute Gasteiger partial charge is 0.355 e. The molecule has 142 valence electrons. The van der Waals surface area contributed by atoms with Gasteiger partial charge in [-0.15, -0.1) is 0 Å². The number of H-pyrrole nitrogens is 1. The van der Waals surface area contributed by atoms with E-state index < -0.39 is 23.8 Å². The molecule has 1 heterocycles. The fourth-order valence-electron chi connectivity index (χ4n) is 2.53. The van der Waals surface area contributed by atoms with E-state index in [1.807, 2.05) is 0 Å². The number of ether oxygens (including phenoxy) is 1. The minimum Gasteiger partial charge on any atom is -0.443 e. The third kappa shape index (κ3) is 4.50. The first-order valence-electron chi connectivity index (χ1n) is 8.46. The Hall–Kier alpha value is -3.74. The Kier molecular flexibility index (Phi) is 5.64. The van der Waals surface area contributed by atoms with Gasteiger partial charge in [0.2, 0.25) is 6.10 Å². The molecule has 28 heavy (non-hydrogen) atoms. The van der Waals surface area contributed by atoms with Gasteiger partial charge in [0, 0.05) is 23.0 Å². The van der Waals surface area contributed by atoms with Crippen LogP contribution in [0.15, 0.2) is 66.9 Å². The summed E-state index contributed by atoms with van der Waals surface area (Å²) < 4.78 is 18.5. The molecule has 0 fully saturated rings. The molecule has 2 N–H and O–H groups in total. The molecule has 0 saturated carbocycles. The monoisotopic (exact) mass is 380 g/mol. The van der Waals surface area contributed by atoms with Gasteiger partial charge in [0.05, 0.1) is 0 Å². The van der Waals surface area contributed by atoms with Gasteiger partial charge in [-0.1, -0.05) is 30.3 Å². The molecule has 1 aromatic heterocycles. The summed E-state index contributed by atoms with van der Waals surface area (Å²) in [6.07, 6.45) is 0.164. The number of carbonyl (C=O) groups is 3. The van der Waals surface area contributed by atoms with Crippen molar-refractivity contribution < 1.29 is 23.5 Å². The van der Waals surface area contributed by atoms with Crippen LogP contribution < -0.4 is 5.32 Å². The highest BCUT2D eigenvalue weighted by Gasteiger charge is 2.26. The second-order valence-corrected chi connectivity index (χ2v) is 6.05. The van der Waals surface area contributed by atoms with Crippen molar-refractivity contribution in [3.05, 3.63) is 89.5 Å². The minimum absolute atomic E-state index is 0.0562. The Bertz CT molecular complexity index is 997. The number of hydrogen-bond acceptors (Lipinski definition) is 4. The fourth-order valence-corrected chi connectivity index (χ4v) is 2.53. The molecule has 0 radical (unpaired) electrons. The maximum Gasteiger partial charge on any atom is 0.355 e. The summed E-state index contributed by atoms with van der Waals surface area (Å²) in [5, 5.41) is 2.60. The van der Waals surface area contributed by atoms with E-state index in [4.69, 9.17) is 4.74 Å². The molecule has 0 spiro atoms. The first-order chi connectivity index (χ1) is 13.4. The zero-order valence-electron chi connectivity index (χ0n) is 14.9. The Morgan fingerprint density at radius 1 is 1.04 bits per heavy atom. The first-order valence-corrected chi connectivity index (χ1v) is 8.46. The molecule has 3 rings (SSSR count). The number of carbonyl (C=O) groups excluding carboxylic acids is 3. The van der Waals surface area contributed by atoms with Gasteiger partial charge in [0.15, 0.2) is 5.78 Å². The Labute approximate surface area is 160 Å². The predicted molar refractivity (Wildman–Crippen MR) is 100 cm³/mol. The van der Waals surface area contributed by atoms with E-state index >= 15 is 0 Å². The summed E-state index contributed by atoms with van der Waals surface area (Å²) in [5.74, 6) is -2.01. The van der Waals surface area contributed by atoms with E-state index in [1.54, 1.807) is 30.3 Å². The van der Waals surface area contributed by atoms with E-state index in [0.717, 1.165) is 0 Å². The van der Waals surface area contributed by atoms with Crippen LogP contribution in [0.4, 0.5) is 10.1 Å². The lowest BCUT2D eigenvalue weighted by Gasteiger charge is -2.17. The molecular weight excluding hydrogens is 363 g/mol. The molecule has 6 nitrogen and oxygen atoms in total. The second kappa shape index (κ2) is 8.30. The maximum absolute atomic E-state index is 13.1. The minimum atomic E-state index is -1.23. The molecule has 0 saturated heterocycles.